The molecule has 0 spiro atoms. The third kappa shape index (κ3) is 10.7. The summed E-state index contributed by atoms with van der Waals surface area (Å²) in [5.74, 6) is 0. The number of rotatable bonds is 13. The maximum Gasteiger partial charge on any atom is 0.0618 e. The summed E-state index contributed by atoms with van der Waals surface area (Å²) in [6.07, 6.45) is 0. The van der Waals surface area contributed by atoms with Gasteiger partial charge in [0.25, 0.3) is 0 Å². The molecule has 0 atom stereocenters. The molecule has 12 aromatic rings. The molecule has 0 fully saturated rings. The fraction of sp³-hybridized carbons (Fsp3) is 0.0526. The van der Waals surface area contributed by atoms with Gasteiger partial charge in [0, 0.05) is 50.0 Å². The lowest BCUT2D eigenvalue weighted by Crippen LogP contribution is -2.19. The second kappa shape index (κ2) is 22.2. The molecule has 79 heavy (non-hydrogen) atoms. The average Bonchev–Trinajstić information content (AvgIpc) is 3.60. The van der Waals surface area contributed by atoms with E-state index in [9.17, 15) is 0 Å². The van der Waals surface area contributed by atoms with Crippen LogP contribution in [0.1, 0.15) is 26.3 Å². The van der Waals surface area contributed by atoms with Crippen LogP contribution in [0.2, 0.25) is 5.02 Å². The smallest absolute Gasteiger partial charge is 0.0618 e. The molecule has 0 radical (unpaired) electrons. The zero-order chi connectivity index (χ0) is 53.7. The van der Waals surface area contributed by atoms with E-state index in [0.29, 0.717) is 5.02 Å². The minimum absolute atomic E-state index is 0.295. The molecule has 0 aromatic heterocycles. The SMILES string of the molecule is CC(C)(C)c1cc(N(c2ccc(-c3ccccc3)cc2)c2c(-c3ccccc3)cc(-c3ccccc3)cc2-c2ccccc2)cc(N(c2cccc(Cl)c2)c2c(-c3ccccc3)cc(-c3ccccc3)cc2-c2ccccc2)c1. The van der Waals surface area contributed by atoms with E-state index in [2.05, 4.69) is 328 Å². The van der Waals surface area contributed by atoms with E-state index in [-0.39, 0.29) is 5.41 Å². The Bertz CT molecular complexity index is 3890. The highest BCUT2D eigenvalue weighted by Crippen LogP contribution is 2.53. The summed E-state index contributed by atoms with van der Waals surface area (Å²) in [7, 11) is 0. The van der Waals surface area contributed by atoms with Crippen LogP contribution < -0.4 is 9.80 Å². The van der Waals surface area contributed by atoms with E-state index < -0.39 is 0 Å². The number of halogens is 1. The molecule has 0 saturated carbocycles. The minimum atomic E-state index is -0.295. The van der Waals surface area contributed by atoms with Crippen LogP contribution in [0.4, 0.5) is 34.1 Å². The Morgan fingerprint density at radius 3 is 0.873 bits per heavy atom. The van der Waals surface area contributed by atoms with Gasteiger partial charge < -0.3 is 9.80 Å². The fourth-order valence-corrected chi connectivity index (χ4v) is 11.0. The molecule has 0 unspecified atom stereocenters. The molecule has 12 rings (SSSR count). The van der Waals surface area contributed by atoms with Crippen molar-refractivity contribution in [2.45, 2.75) is 26.2 Å². The quantitative estimate of drug-likeness (QED) is 0.114. The average molecular weight is 1040 g/mol. The summed E-state index contributed by atoms with van der Waals surface area (Å²) in [4.78, 5) is 4.97. The Labute approximate surface area is 470 Å². The van der Waals surface area contributed by atoms with Gasteiger partial charge in [-0.1, -0.05) is 263 Å². The first-order valence-electron chi connectivity index (χ1n) is 27.1. The highest BCUT2D eigenvalue weighted by molar-refractivity contribution is 6.31. The van der Waals surface area contributed by atoms with Gasteiger partial charge in [0.05, 0.1) is 11.4 Å². The largest absolute Gasteiger partial charge is 0.309 e. The van der Waals surface area contributed by atoms with Crippen LogP contribution in [0.3, 0.4) is 0 Å². The summed E-state index contributed by atoms with van der Waals surface area (Å²) in [6, 6.07) is 110. The van der Waals surface area contributed by atoms with E-state index in [1.54, 1.807) is 0 Å². The molecule has 0 saturated heterocycles. The van der Waals surface area contributed by atoms with Crippen LogP contribution in [0, 0.1) is 0 Å². The molecule has 0 aliphatic heterocycles. The van der Waals surface area contributed by atoms with Crippen molar-refractivity contribution in [3.8, 4) is 77.9 Å². The summed E-state index contributed by atoms with van der Waals surface area (Å²) in [5.41, 5.74) is 22.6. The van der Waals surface area contributed by atoms with Gasteiger partial charge in [0.1, 0.15) is 0 Å². The minimum Gasteiger partial charge on any atom is -0.309 e. The number of anilines is 6. The van der Waals surface area contributed by atoms with Gasteiger partial charge >= 0.3 is 0 Å². The zero-order valence-electron chi connectivity index (χ0n) is 44.6. The van der Waals surface area contributed by atoms with Gasteiger partial charge in [-0.05, 0) is 139 Å². The summed E-state index contributed by atoms with van der Waals surface area (Å²) in [6.45, 7) is 6.95. The van der Waals surface area contributed by atoms with Crippen LogP contribution in [-0.4, -0.2) is 0 Å². The Morgan fingerprint density at radius 2 is 0.544 bits per heavy atom. The topological polar surface area (TPSA) is 6.48 Å². The predicted molar refractivity (Wildman–Crippen MR) is 338 cm³/mol. The highest BCUT2D eigenvalue weighted by atomic mass is 35.5. The maximum atomic E-state index is 7.16. The molecule has 0 bridgehead atoms. The monoisotopic (exact) mass is 1030 g/mol. The first-order valence-corrected chi connectivity index (χ1v) is 27.5. The van der Waals surface area contributed by atoms with E-state index >= 15 is 0 Å². The number of nitrogens with zero attached hydrogens (tertiary/aromatic N) is 2. The first kappa shape index (κ1) is 50.4. The molecule has 0 N–H and O–H groups in total. The standard InChI is InChI=1S/C76H59ClN2/c1-76(2,3)64-50-68(53-69(51-64)79(67-41-25-40-65(77)52-67)75-72(60-36-21-9-22-37-60)48-63(56-30-15-6-16-31-56)49-73(75)61-38-23-10-24-39-61)78(66-44-42-57(43-45-66)54-26-11-4-12-27-54)74-70(58-32-17-7-18-33-58)46-62(55-28-13-5-14-29-55)47-71(74)59-34-19-8-20-35-59/h4-53H,1-3H3. The molecule has 0 heterocycles. The Kier molecular flexibility index (Phi) is 14.2. The molecule has 0 amide bonds. The van der Waals surface area contributed by atoms with E-state index in [1.165, 1.54) is 11.1 Å². The normalized spacial score (nSPS) is 11.3. The first-order chi connectivity index (χ1) is 38.7. The predicted octanol–water partition coefficient (Wildman–Crippen LogP) is 22.2. The lowest BCUT2D eigenvalue weighted by Gasteiger charge is -2.35. The van der Waals surface area contributed by atoms with Crippen molar-refractivity contribution in [3.05, 3.63) is 314 Å². The highest BCUT2D eigenvalue weighted by Gasteiger charge is 2.30. The Balaban J connectivity index is 1.21. The van der Waals surface area contributed by atoms with Gasteiger partial charge in [-0.25, -0.2) is 0 Å². The number of hydrogen-bond donors (Lipinski definition) is 0. The van der Waals surface area contributed by atoms with Crippen molar-refractivity contribution in [2.75, 3.05) is 9.80 Å². The Hall–Kier alpha value is -9.47. The van der Waals surface area contributed by atoms with Crippen LogP contribution in [0.15, 0.2) is 303 Å². The van der Waals surface area contributed by atoms with Crippen LogP contribution in [0.25, 0.3) is 77.9 Å². The van der Waals surface area contributed by atoms with E-state index in [0.717, 1.165) is 106 Å². The maximum absolute atomic E-state index is 7.16. The Morgan fingerprint density at radius 1 is 0.241 bits per heavy atom. The van der Waals surface area contributed by atoms with Gasteiger partial charge in [0.15, 0.2) is 0 Å². The fourth-order valence-electron chi connectivity index (χ4n) is 10.8. The number of hydrogen-bond acceptors (Lipinski definition) is 2. The molecule has 0 aliphatic carbocycles. The summed E-state index contributed by atoms with van der Waals surface area (Å²) < 4.78 is 0. The third-order valence-corrected chi connectivity index (χ3v) is 15.0. The molecular weight excluding hydrogens is 976 g/mol. The molecule has 12 aromatic carbocycles. The third-order valence-electron chi connectivity index (χ3n) is 14.8. The van der Waals surface area contributed by atoms with E-state index in [4.69, 9.17) is 11.6 Å². The van der Waals surface area contributed by atoms with Gasteiger partial charge in [-0.3, -0.25) is 0 Å². The van der Waals surface area contributed by atoms with Crippen molar-refractivity contribution in [1.82, 2.24) is 0 Å². The van der Waals surface area contributed by atoms with Crippen LogP contribution >= 0.6 is 11.6 Å². The summed E-state index contributed by atoms with van der Waals surface area (Å²) in [5, 5.41) is 0.650. The van der Waals surface area contributed by atoms with E-state index in [1.807, 2.05) is 6.07 Å². The molecular formula is C76H59ClN2. The van der Waals surface area contributed by atoms with Crippen molar-refractivity contribution in [1.29, 1.82) is 0 Å². The van der Waals surface area contributed by atoms with Crippen molar-refractivity contribution < 1.29 is 0 Å². The molecule has 3 heteroatoms. The van der Waals surface area contributed by atoms with Crippen molar-refractivity contribution in [3.63, 3.8) is 0 Å². The zero-order valence-corrected chi connectivity index (χ0v) is 45.4. The molecule has 2 nitrogen and oxygen atoms in total. The van der Waals surface area contributed by atoms with Crippen molar-refractivity contribution in [2.24, 2.45) is 0 Å². The second-order valence-electron chi connectivity index (χ2n) is 21.1. The van der Waals surface area contributed by atoms with Crippen LogP contribution in [-0.2, 0) is 5.41 Å². The second-order valence-corrected chi connectivity index (χ2v) is 21.5. The molecule has 0 aliphatic rings. The lowest BCUT2D eigenvalue weighted by atomic mass is 9.85. The van der Waals surface area contributed by atoms with Gasteiger partial charge in [-0.15, -0.1) is 0 Å². The van der Waals surface area contributed by atoms with Crippen LogP contribution in [0.5, 0.6) is 0 Å². The molecule has 380 valence electrons. The van der Waals surface area contributed by atoms with Gasteiger partial charge in [-0.2, -0.15) is 0 Å². The van der Waals surface area contributed by atoms with Gasteiger partial charge in [0.2, 0.25) is 0 Å². The lowest BCUT2D eigenvalue weighted by molar-refractivity contribution is 0.590. The number of benzene rings is 12. The summed E-state index contributed by atoms with van der Waals surface area (Å²) >= 11 is 7.16. The van der Waals surface area contributed by atoms with Crippen molar-refractivity contribution >= 4 is 45.7 Å².